The summed E-state index contributed by atoms with van der Waals surface area (Å²) in [5.74, 6) is 0.303. The minimum Gasteiger partial charge on any atom is -0.471 e. The molecule has 0 aromatic rings. The topological polar surface area (TPSA) is 98.9 Å². The minimum absolute atomic E-state index is 0.0125. The number of hydrogen-bond acceptors (Lipinski definition) is 7. The molecular formula is C15H22N2O5S. The van der Waals surface area contributed by atoms with Crippen molar-refractivity contribution in [2.75, 3.05) is 25.5 Å². The van der Waals surface area contributed by atoms with Gasteiger partial charge in [-0.25, -0.2) is 0 Å². The molecule has 2 rings (SSSR count). The van der Waals surface area contributed by atoms with Crippen molar-refractivity contribution in [3.8, 4) is 0 Å². The summed E-state index contributed by atoms with van der Waals surface area (Å²) >= 11 is 1.59. The van der Waals surface area contributed by atoms with E-state index in [1.54, 1.807) is 11.8 Å². The summed E-state index contributed by atoms with van der Waals surface area (Å²) < 4.78 is 10.7. The third-order valence-corrected chi connectivity index (χ3v) is 4.91. The third-order valence-electron chi connectivity index (χ3n) is 3.63. The van der Waals surface area contributed by atoms with E-state index in [4.69, 9.17) is 15.2 Å². The standard InChI is InChI=1S/C15H22N2O5S/c1-15(2,3)10(18)7-22-14-9(6-21-13(20)5-16)8-23-12-4-11(19)17(12)14/h12H,4-8,16H2,1-3H3/t12-/m1/s1. The van der Waals surface area contributed by atoms with E-state index in [-0.39, 0.29) is 36.8 Å². The molecule has 1 fully saturated rings. The summed E-state index contributed by atoms with van der Waals surface area (Å²) in [7, 11) is 0. The van der Waals surface area contributed by atoms with E-state index in [1.165, 1.54) is 4.90 Å². The van der Waals surface area contributed by atoms with Crippen LogP contribution in [0.3, 0.4) is 0 Å². The SMILES string of the molecule is CC(C)(C)C(=O)COC1=C(COC(=O)CN)CS[C@@H]2CC(=O)N12. The monoisotopic (exact) mass is 342 g/mol. The third kappa shape index (κ3) is 4.06. The van der Waals surface area contributed by atoms with Crippen LogP contribution in [0.5, 0.6) is 0 Å². The maximum Gasteiger partial charge on any atom is 0.320 e. The van der Waals surface area contributed by atoms with Crippen LogP contribution in [0, 0.1) is 5.41 Å². The van der Waals surface area contributed by atoms with Gasteiger partial charge in [-0.15, -0.1) is 11.8 Å². The van der Waals surface area contributed by atoms with Gasteiger partial charge in [-0.3, -0.25) is 19.3 Å². The van der Waals surface area contributed by atoms with Crippen molar-refractivity contribution in [1.29, 1.82) is 0 Å². The van der Waals surface area contributed by atoms with Crippen LogP contribution in [0.1, 0.15) is 27.2 Å². The normalized spacial score (nSPS) is 20.8. The molecule has 2 heterocycles. The molecule has 0 aliphatic carbocycles. The van der Waals surface area contributed by atoms with Crippen LogP contribution in [-0.2, 0) is 23.9 Å². The van der Waals surface area contributed by atoms with E-state index in [1.807, 2.05) is 20.8 Å². The predicted molar refractivity (Wildman–Crippen MR) is 85.2 cm³/mol. The van der Waals surface area contributed by atoms with Gasteiger partial charge >= 0.3 is 5.97 Å². The zero-order chi connectivity index (χ0) is 17.2. The van der Waals surface area contributed by atoms with Crippen molar-refractivity contribution in [3.05, 3.63) is 11.5 Å². The van der Waals surface area contributed by atoms with Gasteiger partial charge in [0.25, 0.3) is 0 Å². The maximum absolute atomic E-state index is 12.1. The lowest BCUT2D eigenvalue weighted by atomic mass is 9.91. The first-order valence-corrected chi connectivity index (χ1v) is 8.46. The Morgan fingerprint density at radius 2 is 2.09 bits per heavy atom. The number of esters is 1. The molecule has 1 amide bonds. The molecule has 0 aromatic carbocycles. The molecule has 23 heavy (non-hydrogen) atoms. The number of thioether (sulfide) groups is 1. The fourth-order valence-electron chi connectivity index (χ4n) is 2.05. The average Bonchev–Trinajstić information content (AvgIpc) is 2.48. The summed E-state index contributed by atoms with van der Waals surface area (Å²) in [6.45, 7) is 5.12. The number of rotatable bonds is 6. The Morgan fingerprint density at radius 1 is 1.39 bits per heavy atom. The quantitative estimate of drug-likeness (QED) is 0.558. The van der Waals surface area contributed by atoms with Gasteiger partial charge in [0, 0.05) is 16.7 Å². The highest BCUT2D eigenvalue weighted by atomic mass is 32.2. The number of carbonyl (C=O) groups is 3. The number of carbonyl (C=O) groups excluding carboxylic acids is 3. The van der Waals surface area contributed by atoms with Gasteiger partial charge in [0.2, 0.25) is 11.8 Å². The van der Waals surface area contributed by atoms with Crippen molar-refractivity contribution in [1.82, 2.24) is 4.90 Å². The molecule has 0 radical (unpaired) electrons. The molecule has 1 saturated heterocycles. The van der Waals surface area contributed by atoms with E-state index in [9.17, 15) is 14.4 Å². The first-order valence-electron chi connectivity index (χ1n) is 7.41. The lowest BCUT2D eigenvalue weighted by molar-refractivity contribution is -0.145. The van der Waals surface area contributed by atoms with Gasteiger partial charge in [0.05, 0.1) is 18.3 Å². The van der Waals surface area contributed by atoms with Crippen LogP contribution < -0.4 is 5.73 Å². The Kier molecular flexibility index (Phi) is 5.36. The number of Topliss-reactive ketones (excluding diaryl/α,β-unsaturated/α-hetero) is 1. The van der Waals surface area contributed by atoms with E-state index in [0.717, 1.165) is 0 Å². The van der Waals surface area contributed by atoms with Gasteiger partial charge in [-0.2, -0.15) is 0 Å². The fraction of sp³-hybridized carbons (Fsp3) is 0.667. The van der Waals surface area contributed by atoms with E-state index >= 15 is 0 Å². The minimum atomic E-state index is -0.523. The Morgan fingerprint density at radius 3 is 2.65 bits per heavy atom. The van der Waals surface area contributed by atoms with Crippen molar-refractivity contribution in [2.45, 2.75) is 32.6 Å². The first kappa shape index (κ1) is 17.8. The molecule has 8 heteroatoms. The van der Waals surface area contributed by atoms with Gasteiger partial charge in [-0.1, -0.05) is 20.8 Å². The number of fused-ring (bicyclic) bond motifs is 1. The molecule has 2 aliphatic rings. The van der Waals surface area contributed by atoms with Gasteiger partial charge in [0.15, 0.2) is 5.78 Å². The summed E-state index contributed by atoms with van der Waals surface area (Å²) in [5, 5.41) is 0.0381. The summed E-state index contributed by atoms with van der Waals surface area (Å²) in [4.78, 5) is 36.7. The highest BCUT2D eigenvalue weighted by Crippen LogP contribution is 2.40. The Hall–Kier alpha value is -1.54. The highest BCUT2D eigenvalue weighted by molar-refractivity contribution is 8.00. The summed E-state index contributed by atoms with van der Waals surface area (Å²) in [5.41, 5.74) is 5.38. The molecule has 2 N–H and O–H groups in total. The number of nitrogens with zero attached hydrogens (tertiary/aromatic N) is 1. The van der Waals surface area contributed by atoms with Crippen LogP contribution in [0.2, 0.25) is 0 Å². The zero-order valence-corrected chi connectivity index (χ0v) is 14.4. The molecule has 0 saturated carbocycles. The molecule has 7 nitrogen and oxygen atoms in total. The molecule has 128 valence electrons. The van der Waals surface area contributed by atoms with Crippen LogP contribution in [0.4, 0.5) is 0 Å². The predicted octanol–water partition coefficient (Wildman–Crippen LogP) is 0.637. The fourth-order valence-corrected chi connectivity index (χ4v) is 3.27. The summed E-state index contributed by atoms with van der Waals surface area (Å²) in [6.07, 6.45) is 0.459. The molecule has 0 bridgehead atoms. The number of nitrogens with two attached hydrogens (primary N) is 1. The van der Waals surface area contributed by atoms with Crippen LogP contribution in [0.15, 0.2) is 11.5 Å². The highest BCUT2D eigenvalue weighted by Gasteiger charge is 2.44. The lowest BCUT2D eigenvalue weighted by Crippen LogP contribution is -2.53. The number of ketones is 1. The second-order valence-electron chi connectivity index (χ2n) is 6.47. The number of hydrogen-bond donors (Lipinski definition) is 1. The van der Waals surface area contributed by atoms with Gasteiger partial charge in [-0.05, 0) is 0 Å². The number of β-lactam (4-membered cyclic amide) rings is 1. The van der Waals surface area contributed by atoms with Crippen LogP contribution in [0.25, 0.3) is 0 Å². The molecule has 0 spiro atoms. The molecule has 1 atom stereocenters. The van der Waals surface area contributed by atoms with Crippen molar-refractivity contribution < 1.29 is 23.9 Å². The maximum atomic E-state index is 12.1. The van der Waals surface area contributed by atoms with Crippen molar-refractivity contribution >= 4 is 29.4 Å². The molecular weight excluding hydrogens is 320 g/mol. The Labute approximate surface area is 139 Å². The molecule has 0 aromatic heterocycles. The van der Waals surface area contributed by atoms with Crippen LogP contribution >= 0.6 is 11.8 Å². The first-order chi connectivity index (χ1) is 10.7. The number of ether oxygens (including phenoxy) is 2. The second kappa shape index (κ2) is 6.92. The second-order valence-corrected chi connectivity index (χ2v) is 7.64. The Bertz CT molecular complexity index is 553. The Balaban J connectivity index is 2.11. The largest absolute Gasteiger partial charge is 0.471 e. The lowest BCUT2D eigenvalue weighted by Gasteiger charge is -2.44. The van der Waals surface area contributed by atoms with Gasteiger partial charge < -0.3 is 15.2 Å². The van der Waals surface area contributed by atoms with E-state index < -0.39 is 11.4 Å². The smallest absolute Gasteiger partial charge is 0.320 e. The zero-order valence-electron chi connectivity index (χ0n) is 13.6. The van der Waals surface area contributed by atoms with Gasteiger partial charge in [0.1, 0.15) is 13.2 Å². The molecule has 0 unspecified atom stereocenters. The van der Waals surface area contributed by atoms with Crippen molar-refractivity contribution in [2.24, 2.45) is 11.1 Å². The molecule has 2 aliphatic heterocycles. The van der Waals surface area contributed by atoms with Crippen molar-refractivity contribution in [3.63, 3.8) is 0 Å². The van der Waals surface area contributed by atoms with E-state index in [2.05, 4.69) is 0 Å². The van der Waals surface area contributed by atoms with E-state index in [0.29, 0.717) is 23.6 Å². The average molecular weight is 342 g/mol. The summed E-state index contributed by atoms with van der Waals surface area (Å²) in [6, 6.07) is 0. The van der Waals surface area contributed by atoms with Crippen LogP contribution in [-0.4, -0.2) is 53.4 Å². The number of amides is 1.